The standard InChI is InChI=1S/C19H25NO4/c1-18(2,3)24-17(23)20-15-11-10-14(12-19(15,4)16(21)22)13-8-6-5-7-9-13/h5-10,15H,11-12H2,1-4H3,(H,20,23)(H,21,22)/t15-,19-/m0/s1. The normalized spacial score (nSPS) is 24.0. The fourth-order valence-electron chi connectivity index (χ4n) is 2.88. The third-order valence-corrected chi connectivity index (χ3v) is 4.25. The van der Waals surface area contributed by atoms with E-state index in [-0.39, 0.29) is 0 Å². The molecule has 130 valence electrons. The van der Waals surface area contributed by atoms with Crippen LogP contribution in [0.15, 0.2) is 36.4 Å². The Morgan fingerprint density at radius 3 is 2.42 bits per heavy atom. The maximum atomic E-state index is 12.0. The van der Waals surface area contributed by atoms with E-state index in [4.69, 9.17) is 4.74 Å². The zero-order valence-electron chi connectivity index (χ0n) is 14.6. The maximum absolute atomic E-state index is 12.0. The summed E-state index contributed by atoms with van der Waals surface area (Å²) in [6.45, 7) is 7.00. The van der Waals surface area contributed by atoms with Crippen LogP contribution in [0.3, 0.4) is 0 Å². The molecular formula is C19H25NO4. The molecule has 0 aliphatic heterocycles. The monoisotopic (exact) mass is 331 g/mol. The number of carboxylic acid groups (broad SMARTS) is 1. The van der Waals surface area contributed by atoms with E-state index in [1.807, 2.05) is 36.4 Å². The molecule has 2 rings (SSSR count). The first-order chi connectivity index (χ1) is 11.1. The summed E-state index contributed by atoms with van der Waals surface area (Å²) in [5, 5.41) is 12.5. The minimum Gasteiger partial charge on any atom is -0.481 e. The van der Waals surface area contributed by atoms with Gasteiger partial charge < -0.3 is 15.2 Å². The molecule has 2 N–H and O–H groups in total. The second-order valence-corrected chi connectivity index (χ2v) is 7.43. The molecule has 5 heteroatoms. The van der Waals surface area contributed by atoms with Crippen LogP contribution in [0.4, 0.5) is 4.79 Å². The van der Waals surface area contributed by atoms with Gasteiger partial charge in [-0.2, -0.15) is 0 Å². The van der Waals surface area contributed by atoms with Gasteiger partial charge in [-0.25, -0.2) is 4.79 Å². The Bertz CT molecular complexity index is 645. The van der Waals surface area contributed by atoms with Crippen molar-refractivity contribution in [2.45, 2.75) is 52.2 Å². The van der Waals surface area contributed by atoms with Crippen LogP contribution in [0.1, 0.15) is 46.1 Å². The number of benzene rings is 1. The molecule has 0 heterocycles. The first-order valence-corrected chi connectivity index (χ1v) is 8.09. The summed E-state index contributed by atoms with van der Waals surface area (Å²) < 4.78 is 5.26. The molecule has 0 fully saturated rings. The van der Waals surface area contributed by atoms with Gasteiger partial charge >= 0.3 is 12.1 Å². The van der Waals surface area contributed by atoms with Gasteiger partial charge in [0.1, 0.15) is 5.60 Å². The zero-order valence-corrected chi connectivity index (χ0v) is 14.6. The van der Waals surface area contributed by atoms with Crippen LogP contribution >= 0.6 is 0 Å². The fourth-order valence-corrected chi connectivity index (χ4v) is 2.88. The third-order valence-electron chi connectivity index (χ3n) is 4.25. The van der Waals surface area contributed by atoms with Gasteiger partial charge in [0.05, 0.1) is 11.5 Å². The molecule has 1 aliphatic rings. The average Bonchev–Trinajstić information content (AvgIpc) is 2.48. The predicted octanol–water partition coefficient (Wildman–Crippen LogP) is 3.85. The molecule has 0 saturated heterocycles. The van der Waals surface area contributed by atoms with E-state index in [0.717, 1.165) is 11.1 Å². The lowest BCUT2D eigenvalue weighted by molar-refractivity contribution is -0.149. The van der Waals surface area contributed by atoms with Crippen LogP contribution in [-0.2, 0) is 9.53 Å². The summed E-state index contributed by atoms with van der Waals surface area (Å²) in [6, 6.07) is 9.21. The molecule has 0 unspecified atom stereocenters. The number of alkyl carbamates (subject to hydrolysis) is 1. The third kappa shape index (κ3) is 4.16. The Morgan fingerprint density at radius 1 is 1.25 bits per heavy atom. The molecule has 1 amide bonds. The van der Waals surface area contributed by atoms with E-state index < -0.39 is 29.1 Å². The number of carbonyl (C=O) groups is 2. The Kier molecular flexibility index (Phi) is 5.02. The number of ether oxygens (including phenoxy) is 1. The highest BCUT2D eigenvalue weighted by atomic mass is 16.6. The van der Waals surface area contributed by atoms with Gasteiger partial charge in [-0.15, -0.1) is 0 Å². The number of amides is 1. The van der Waals surface area contributed by atoms with Crippen molar-refractivity contribution < 1.29 is 19.4 Å². The summed E-state index contributed by atoms with van der Waals surface area (Å²) in [6.07, 6.45) is 2.22. The van der Waals surface area contributed by atoms with Crippen molar-refractivity contribution in [2.75, 3.05) is 0 Å². The summed E-state index contributed by atoms with van der Waals surface area (Å²) >= 11 is 0. The van der Waals surface area contributed by atoms with Crippen molar-refractivity contribution in [3.8, 4) is 0 Å². The van der Waals surface area contributed by atoms with Crippen LogP contribution in [0.5, 0.6) is 0 Å². The zero-order chi connectivity index (χ0) is 18.0. The van der Waals surface area contributed by atoms with Crippen LogP contribution in [0, 0.1) is 5.41 Å². The first kappa shape index (κ1) is 18.0. The lowest BCUT2D eigenvalue weighted by atomic mass is 9.70. The Morgan fingerprint density at radius 2 is 1.88 bits per heavy atom. The summed E-state index contributed by atoms with van der Waals surface area (Å²) in [7, 11) is 0. The molecule has 0 spiro atoms. The van der Waals surface area contributed by atoms with Gasteiger partial charge in [0, 0.05) is 0 Å². The van der Waals surface area contributed by atoms with E-state index in [0.29, 0.717) is 12.8 Å². The topological polar surface area (TPSA) is 75.6 Å². The largest absolute Gasteiger partial charge is 0.481 e. The van der Waals surface area contributed by atoms with Crippen LogP contribution < -0.4 is 5.32 Å². The molecule has 0 saturated carbocycles. The molecule has 1 aromatic rings. The summed E-state index contributed by atoms with van der Waals surface area (Å²) in [5.74, 6) is -0.926. The van der Waals surface area contributed by atoms with Gasteiger partial charge in [0.15, 0.2) is 0 Å². The molecule has 0 aromatic heterocycles. The SMILES string of the molecule is CC(C)(C)OC(=O)N[C@H]1CC=C(c2ccccc2)C[C@]1(C)C(=O)O. The Balaban J connectivity index is 2.21. The van der Waals surface area contributed by atoms with E-state index in [1.165, 1.54) is 0 Å². The van der Waals surface area contributed by atoms with Crippen molar-refractivity contribution >= 4 is 17.6 Å². The fraction of sp³-hybridized carbons (Fsp3) is 0.474. The highest BCUT2D eigenvalue weighted by Gasteiger charge is 2.45. The van der Waals surface area contributed by atoms with Crippen molar-refractivity contribution in [2.24, 2.45) is 5.41 Å². The van der Waals surface area contributed by atoms with E-state index in [9.17, 15) is 14.7 Å². The van der Waals surface area contributed by atoms with E-state index in [1.54, 1.807) is 27.7 Å². The van der Waals surface area contributed by atoms with E-state index >= 15 is 0 Å². The second kappa shape index (κ2) is 6.67. The number of carbonyl (C=O) groups excluding carboxylic acids is 1. The average molecular weight is 331 g/mol. The number of carboxylic acids is 1. The lowest BCUT2D eigenvalue weighted by Gasteiger charge is -2.38. The molecule has 2 atom stereocenters. The number of hydrogen-bond donors (Lipinski definition) is 2. The number of hydrogen-bond acceptors (Lipinski definition) is 3. The van der Waals surface area contributed by atoms with Crippen molar-refractivity contribution in [3.63, 3.8) is 0 Å². The minimum absolute atomic E-state index is 0.354. The number of rotatable bonds is 3. The Labute approximate surface area is 142 Å². The first-order valence-electron chi connectivity index (χ1n) is 8.09. The van der Waals surface area contributed by atoms with Gasteiger partial charge in [-0.3, -0.25) is 4.79 Å². The minimum atomic E-state index is -1.09. The molecule has 24 heavy (non-hydrogen) atoms. The van der Waals surface area contributed by atoms with Crippen molar-refractivity contribution in [3.05, 3.63) is 42.0 Å². The molecule has 0 radical (unpaired) electrons. The molecular weight excluding hydrogens is 306 g/mol. The van der Waals surface area contributed by atoms with Crippen LogP contribution in [0.25, 0.3) is 5.57 Å². The lowest BCUT2D eigenvalue weighted by Crippen LogP contribution is -2.52. The quantitative estimate of drug-likeness (QED) is 0.882. The van der Waals surface area contributed by atoms with Crippen LogP contribution in [0.2, 0.25) is 0 Å². The summed E-state index contributed by atoms with van der Waals surface area (Å²) in [4.78, 5) is 24.0. The molecule has 5 nitrogen and oxygen atoms in total. The second-order valence-electron chi connectivity index (χ2n) is 7.43. The molecule has 0 bridgehead atoms. The van der Waals surface area contributed by atoms with Crippen molar-refractivity contribution in [1.82, 2.24) is 5.32 Å². The Hall–Kier alpha value is -2.30. The van der Waals surface area contributed by atoms with Gasteiger partial charge in [-0.05, 0) is 51.7 Å². The number of allylic oxidation sites excluding steroid dienone is 1. The smallest absolute Gasteiger partial charge is 0.407 e. The molecule has 1 aromatic carbocycles. The van der Waals surface area contributed by atoms with Gasteiger partial charge in [0.2, 0.25) is 0 Å². The van der Waals surface area contributed by atoms with E-state index in [2.05, 4.69) is 5.32 Å². The van der Waals surface area contributed by atoms with Crippen LogP contribution in [-0.4, -0.2) is 28.8 Å². The highest BCUT2D eigenvalue weighted by molar-refractivity contribution is 5.82. The predicted molar refractivity (Wildman–Crippen MR) is 92.6 cm³/mol. The number of nitrogens with one attached hydrogen (secondary N) is 1. The highest BCUT2D eigenvalue weighted by Crippen LogP contribution is 2.40. The summed E-state index contributed by atoms with van der Waals surface area (Å²) in [5.41, 5.74) is 0.295. The van der Waals surface area contributed by atoms with Gasteiger partial charge in [-0.1, -0.05) is 36.4 Å². The van der Waals surface area contributed by atoms with Crippen molar-refractivity contribution in [1.29, 1.82) is 0 Å². The molecule has 1 aliphatic carbocycles. The van der Waals surface area contributed by atoms with Gasteiger partial charge in [0.25, 0.3) is 0 Å². The number of aliphatic carboxylic acids is 1. The maximum Gasteiger partial charge on any atom is 0.407 e.